The second-order valence-corrected chi connectivity index (χ2v) is 17.4. The number of rotatable bonds is 10. The summed E-state index contributed by atoms with van der Waals surface area (Å²) in [7, 11) is -13.5. The Morgan fingerprint density at radius 3 is 1.52 bits per heavy atom. The number of hydrogen-bond acceptors (Lipinski definition) is 8. The predicted molar refractivity (Wildman–Crippen MR) is 153 cm³/mol. The molecule has 0 fully saturated rings. The van der Waals surface area contributed by atoms with Crippen molar-refractivity contribution in [1.82, 2.24) is 0 Å². The molecule has 2 atom stereocenters. The number of hydrogen-bond donors (Lipinski definition) is 0. The zero-order valence-electron chi connectivity index (χ0n) is 22.9. The van der Waals surface area contributed by atoms with E-state index in [4.69, 9.17) is 24.8 Å². The number of aryl methyl sites for hydroxylation is 2. The SMILES string of the molecule is CN=P(Cl)(N=P(C)(Oc1ccc(C)cc1)Oc1ccc(S(=O)(=O)[N-]S(=O)(=O)C(F)(F)F)cc1)Oc1ccc(C)cc1.[Na+]. The summed E-state index contributed by atoms with van der Waals surface area (Å²) >= 11 is 6.71. The second kappa shape index (κ2) is 14.0. The maximum atomic E-state index is 12.6. The van der Waals surface area contributed by atoms with Crippen molar-refractivity contribution in [2.45, 2.75) is 24.3 Å². The molecule has 10 nitrogen and oxygen atoms in total. The molecule has 0 aromatic heterocycles. The third-order valence-electron chi connectivity index (χ3n) is 4.94. The monoisotopic (exact) mass is 695 g/mol. The van der Waals surface area contributed by atoms with Crippen LogP contribution in [0.15, 0.2) is 87.0 Å². The Bertz CT molecular complexity index is 1720. The Kier molecular flexibility index (Phi) is 12.3. The minimum Gasteiger partial charge on any atom is -0.431 e. The summed E-state index contributed by atoms with van der Waals surface area (Å²) in [5.74, 6) is 0.728. The van der Waals surface area contributed by atoms with E-state index < -0.39 is 44.7 Å². The Morgan fingerprint density at radius 1 is 0.762 bits per heavy atom. The van der Waals surface area contributed by atoms with Gasteiger partial charge in [-0.15, -0.1) is 4.52 Å². The summed E-state index contributed by atoms with van der Waals surface area (Å²) in [6.07, 6.45) is 0. The van der Waals surface area contributed by atoms with Crippen LogP contribution in [0.3, 0.4) is 0 Å². The number of nitrogens with zero attached hydrogens (tertiary/aromatic N) is 3. The van der Waals surface area contributed by atoms with E-state index in [0.29, 0.717) is 11.5 Å². The Labute approximate surface area is 269 Å². The van der Waals surface area contributed by atoms with Crippen LogP contribution in [0.1, 0.15) is 11.1 Å². The van der Waals surface area contributed by atoms with Crippen LogP contribution in [-0.4, -0.2) is 36.1 Å². The van der Waals surface area contributed by atoms with Gasteiger partial charge in [0.05, 0.1) is 0 Å². The predicted octanol–water partition coefficient (Wildman–Crippen LogP) is 5.23. The standard InChI is InChI=1S/C23H24ClF3N3O7P2S2.Na/c1-17-5-9-19(10-6-17)35-38(4,29-39(24,28-3)37-21-11-7-18(2)8-12-21)36-20-13-15-22(16-14-20)40(31,32)30-41(33,34)23(25,26)27;/h5-16H,1-4H3;/q-1;+1. The zero-order valence-corrected chi connectivity index (χ0v) is 29.0. The Morgan fingerprint density at radius 2 is 1.14 bits per heavy atom. The summed E-state index contributed by atoms with van der Waals surface area (Å²) in [5, 5.41) is 0. The first-order valence-electron chi connectivity index (χ1n) is 11.3. The van der Waals surface area contributed by atoms with E-state index >= 15 is 0 Å². The number of alkyl halides is 3. The minimum absolute atomic E-state index is 0. The minimum atomic E-state index is -6.29. The first-order chi connectivity index (χ1) is 18.9. The largest absolute Gasteiger partial charge is 1.00 e. The van der Waals surface area contributed by atoms with E-state index in [0.717, 1.165) is 35.4 Å². The molecule has 42 heavy (non-hydrogen) atoms. The van der Waals surface area contributed by atoms with Gasteiger partial charge in [0.15, 0.2) is 10.0 Å². The van der Waals surface area contributed by atoms with Gasteiger partial charge in [0.2, 0.25) is 0 Å². The molecular weight excluding hydrogens is 672 g/mol. The normalized spacial score (nSPS) is 14.9. The van der Waals surface area contributed by atoms with Crippen molar-refractivity contribution in [2.75, 3.05) is 13.7 Å². The van der Waals surface area contributed by atoms with Crippen LogP contribution >= 0.6 is 25.5 Å². The molecule has 3 aromatic carbocycles. The fourth-order valence-electron chi connectivity index (χ4n) is 2.97. The molecule has 224 valence electrons. The summed E-state index contributed by atoms with van der Waals surface area (Å²) in [5.41, 5.74) is -3.94. The van der Waals surface area contributed by atoms with Crippen LogP contribution in [0.4, 0.5) is 13.2 Å². The van der Waals surface area contributed by atoms with Crippen molar-refractivity contribution in [1.29, 1.82) is 0 Å². The third-order valence-corrected chi connectivity index (χ3v) is 13.5. The molecule has 3 aromatic rings. The van der Waals surface area contributed by atoms with E-state index in [9.17, 15) is 30.0 Å². The van der Waals surface area contributed by atoms with Crippen molar-refractivity contribution < 1.29 is 73.1 Å². The summed E-state index contributed by atoms with van der Waals surface area (Å²) in [6.45, 7) is 1.85. The van der Waals surface area contributed by atoms with E-state index in [1.165, 1.54) is 13.7 Å². The third kappa shape index (κ3) is 10.0. The van der Waals surface area contributed by atoms with Crippen LogP contribution in [0, 0.1) is 13.8 Å². The maximum absolute atomic E-state index is 12.6. The molecule has 3 rings (SSSR count). The van der Waals surface area contributed by atoms with Crippen molar-refractivity contribution in [3.63, 3.8) is 0 Å². The fraction of sp³-hybridized carbons (Fsp3) is 0.217. The molecule has 0 spiro atoms. The fourth-order valence-corrected chi connectivity index (χ4v) is 10.4. The van der Waals surface area contributed by atoms with Gasteiger partial charge in [-0.05, 0) is 73.6 Å². The van der Waals surface area contributed by atoms with Gasteiger partial charge >= 0.3 is 49.4 Å². The maximum Gasteiger partial charge on any atom is 1.00 e. The van der Waals surface area contributed by atoms with Gasteiger partial charge in [0, 0.05) is 18.6 Å². The molecule has 0 saturated carbocycles. The van der Waals surface area contributed by atoms with Gasteiger partial charge in [-0.3, -0.25) is 0 Å². The van der Waals surface area contributed by atoms with Crippen LogP contribution < -0.4 is 43.1 Å². The molecule has 0 aliphatic carbocycles. The Balaban J connectivity index is 0.00000616. The topological polar surface area (TPSA) is 135 Å². The number of halogens is 4. The second-order valence-electron chi connectivity index (χ2n) is 8.41. The van der Waals surface area contributed by atoms with Crippen molar-refractivity contribution in [3.05, 3.63) is 88.1 Å². The van der Waals surface area contributed by atoms with Gasteiger partial charge < -0.3 is 17.7 Å². The molecule has 0 saturated heterocycles. The van der Waals surface area contributed by atoms with Crippen LogP contribution in [-0.2, 0) is 20.0 Å². The van der Waals surface area contributed by atoms with Crippen molar-refractivity contribution in [2.24, 2.45) is 9.26 Å². The molecule has 0 amide bonds. The van der Waals surface area contributed by atoms with Gasteiger partial charge in [0.25, 0.3) is 0 Å². The molecule has 0 aliphatic heterocycles. The smallest absolute Gasteiger partial charge is 0.431 e. The molecular formula is C23H24ClF3N3NaO7P2S2. The molecule has 0 heterocycles. The average molecular weight is 696 g/mol. The molecule has 2 unspecified atom stereocenters. The van der Waals surface area contributed by atoms with E-state index in [2.05, 4.69) is 13.4 Å². The van der Waals surface area contributed by atoms with Gasteiger partial charge in [0.1, 0.15) is 27.3 Å². The average Bonchev–Trinajstić information content (AvgIpc) is 2.86. The first-order valence-corrected chi connectivity index (χ1v) is 18.7. The van der Waals surface area contributed by atoms with Crippen molar-refractivity contribution >= 4 is 45.6 Å². The summed E-state index contributed by atoms with van der Waals surface area (Å²) in [4.78, 5) is -0.820. The zero-order chi connectivity index (χ0) is 30.7. The number of benzene rings is 3. The summed E-state index contributed by atoms with van der Waals surface area (Å²) < 4.78 is 114. The molecule has 0 N–H and O–H groups in total. The Hall–Kier alpha value is -1.54. The molecule has 0 radical (unpaired) electrons. The van der Waals surface area contributed by atoms with E-state index in [1.54, 1.807) is 36.4 Å². The molecule has 0 bridgehead atoms. The van der Waals surface area contributed by atoms with Gasteiger partial charge in [-0.1, -0.05) is 35.4 Å². The van der Waals surface area contributed by atoms with Crippen LogP contribution in [0.5, 0.6) is 17.2 Å². The molecule has 0 aliphatic rings. The van der Waals surface area contributed by atoms with Gasteiger partial charge in [-0.2, -0.15) is 13.2 Å². The van der Waals surface area contributed by atoms with Gasteiger partial charge in [-0.25, -0.2) is 21.6 Å². The van der Waals surface area contributed by atoms with Crippen LogP contribution in [0.25, 0.3) is 4.13 Å². The van der Waals surface area contributed by atoms with E-state index in [-0.39, 0.29) is 35.3 Å². The van der Waals surface area contributed by atoms with Crippen LogP contribution in [0.2, 0.25) is 0 Å². The number of sulfonamides is 2. The first kappa shape index (κ1) is 36.7. The quantitative estimate of drug-likeness (QED) is 0.209. The van der Waals surface area contributed by atoms with Crippen molar-refractivity contribution in [3.8, 4) is 17.2 Å². The van der Waals surface area contributed by atoms with E-state index in [1.807, 2.05) is 26.0 Å². The molecule has 19 heteroatoms. The summed E-state index contributed by atoms with van der Waals surface area (Å²) in [6, 6.07) is 17.7.